The van der Waals surface area contributed by atoms with E-state index in [-0.39, 0.29) is 0 Å². The molecule has 1 aliphatic rings. The second-order valence-electron chi connectivity index (χ2n) is 4.12. The van der Waals surface area contributed by atoms with Gasteiger partial charge in [-0.15, -0.1) is 11.3 Å². The van der Waals surface area contributed by atoms with Crippen molar-refractivity contribution in [2.24, 2.45) is 0 Å². The average Bonchev–Trinajstić information content (AvgIpc) is 2.87. The van der Waals surface area contributed by atoms with Crippen molar-refractivity contribution in [3.05, 3.63) is 27.9 Å². The first kappa shape index (κ1) is 9.84. The number of rotatable bonds is 4. The van der Waals surface area contributed by atoms with Crippen molar-refractivity contribution in [3.63, 3.8) is 0 Å². The van der Waals surface area contributed by atoms with Crippen LogP contribution in [0, 0.1) is 6.92 Å². The number of nitrogens with zero attached hydrogens (tertiary/aromatic N) is 2. The van der Waals surface area contributed by atoms with Gasteiger partial charge in [0, 0.05) is 23.1 Å². The summed E-state index contributed by atoms with van der Waals surface area (Å²) in [6.45, 7) is 2.66. The summed E-state index contributed by atoms with van der Waals surface area (Å²) in [6, 6.07) is 1.89. The van der Waals surface area contributed by atoms with Crippen molar-refractivity contribution in [3.8, 4) is 0 Å². The Bertz CT molecular complexity index is 487. The first-order valence-corrected chi connectivity index (χ1v) is 6.25. The minimum absolute atomic E-state index is 0.744. The number of thiazole rings is 1. The van der Waals surface area contributed by atoms with Gasteiger partial charge in [0.05, 0.1) is 11.6 Å². The maximum Gasteiger partial charge on any atom is 0.169 e. The molecule has 2 aromatic rings. The van der Waals surface area contributed by atoms with Crippen LogP contribution in [0.5, 0.6) is 0 Å². The fourth-order valence-corrected chi connectivity index (χ4v) is 2.58. The molecule has 5 heteroatoms. The predicted octanol–water partition coefficient (Wildman–Crippen LogP) is 2.93. The number of aryl methyl sites for hydroxylation is 1. The number of anilines is 1. The van der Waals surface area contributed by atoms with E-state index in [0.717, 1.165) is 24.0 Å². The van der Waals surface area contributed by atoms with Crippen LogP contribution in [0.4, 0.5) is 5.82 Å². The topological polar surface area (TPSA) is 51.0 Å². The second kappa shape index (κ2) is 3.90. The molecule has 1 saturated carbocycles. The smallest absolute Gasteiger partial charge is 0.169 e. The molecule has 0 radical (unpaired) electrons. The van der Waals surface area contributed by atoms with E-state index in [4.69, 9.17) is 4.52 Å². The Labute approximate surface area is 97.7 Å². The van der Waals surface area contributed by atoms with Gasteiger partial charge in [-0.05, 0) is 19.8 Å². The highest BCUT2D eigenvalue weighted by Gasteiger charge is 2.26. The van der Waals surface area contributed by atoms with Crippen molar-refractivity contribution < 1.29 is 4.52 Å². The van der Waals surface area contributed by atoms with Gasteiger partial charge in [0.25, 0.3) is 0 Å². The molecule has 1 fully saturated rings. The van der Waals surface area contributed by atoms with Crippen LogP contribution in [0.3, 0.4) is 0 Å². The summed E-state index contributed by atoms with van der Waals surface area (Å²) >= 11 is 1.80. The Kier molecular flexibility index (Phi) is 2.40. The SMILES string of the molecule is Cc1cc(NCc2cnc(C3CC3)s2)no1. The van der Waals surface area contributed by atoms with Gasteiger partial charge in [-0.1, -0.05) is 5.16 Å². The molecule has 0 aliphatic heterocycles. The van der Waals surface area contributed by atoms with E-state index < -0.39 is 0 Å². The van der Waals surface area contributed by atoms with Crippen LogP contribution >= 0.6 is 11.3 Å². The Hall–Kier alpha value is -1.36. The highest BCUT2D eigenvalue weighted by molar-refractivity contribution is 7.11. The molecular weight excluding hydrogens is 222 g/mol. The Morgan fingerprint density at radius 2 is 2.44 bits per heavy atom. The van der Waals surface area contributed by atoms with E-state index in [9.17, 15) is 0 Å². The molecule has 0 unspecified atom stereocenters. The summed E-state index contributed by atoms with van der Waals surface area (Å²) in [6.07, 6.45) is 4.57. The van der Waals surface area contributed by atoms with E-state index in [0.29, 0.717) is 0 Å². The van der Waals surface area contributed by atoms with Gasteiger partial charge in [-0.2, -0.15) is 0 Å². The van der Waals surface area contributed by atoms with Gasteiger partial charge < -0.3 is 9.84 Å². The van der Waals surface area contributed by atoms with Gasteiger partial charge in [-0.25, -0.2) is 4.98 Å². The van der Waals surface area contributed by atoms with Crippen LogP contribution in [0.25, 0.3) is 0 Å². The average molecular weight is 235 g/mol. The van der Waals surface area contributed by atoms with Crippen LogP contribution in [-0.2, 0) is 6.54 Å². The predicted molar refractivity (Wildman–Crippen MR) is 62.7 cm³/mol. The second-order valence-corrected chi connectivity index (χ2v) is 5.26. The first-order valence-electron chi connectivity index (χ1n) is 5.43. The van der Waals surface area contributed by atoms with E-state index in [1.165, 1.54) is 22.7 Å². The molecule has 1 N–H and O–H groups in total. The molecule has 3 rings (SSSR count). The molecule has 0 aromatic carbocycles. The zero-order valence-electron chi connectivity index (χ0n) is 9.06. The minimum Gasteiger partial charge on any atom is -0.362 e. The molecule has 4 nitrogen and oxygen atoms in total. The lowest BCUT2D eigenvalue weighted by atomic mass is 10.4. The van der Waals surface area contributed by atoms with Crippen molar-refractivity contribution in [1.29, 1.82) is 0 Å². The van der Waals surface area contributed by atoms with Crippen molar-refractivity contribution in [2.75, 3.05) is 5.32 Å². The van der Waals surface area contributed by atoms with Crippen molar-refractivity contribution in [2.45, 2.75) is 32.2 Å². The lowest BCUT2D eigenvalue weighted by molar-refractivity contribution is 0.399. The molecule has 16 heavy (non-hydrogen) atoms. The number of nitrogens with one attached hydrogen (secondary N) is 1. The van der Waals surface area contributed by atoms with Gasteiger partial charge in [0.1, 0.15) is 5.76 Å². The van der Waals surface area contributed by atoms with E-state index in [1.807, 2.05) is 19.2 Å². The quantitative estimate of drug-likeness (QED) is 0.885. The van der Waals surface area contributed by atoms with Gasteiger partial charge in [-0.3, -0.25) is 0 Å². The molecule has 0 amide bonds. The van der Waals surface area contributed by atoms with E-state index in [2.05, 4.69) is 15.5 Å². The Morgan fingerprint density at radius 1 is 1.56 bits per heavy atom. The summed E-state index contributed by atoms with van der Waals surface area (Å²) in [4.78, 5) is 5.68. The third kappa shape index (κ3) is 2.09. The lowest BCUT2D eigenvalue weighted by Gasteiger charge is -1.97. The summed E-state index contributed by atoms with van der Waals surface area (Å²) in [5.41, 5.74) is 0. The minimum atomic E-state index is 0.744. The standard InChI is InChI=1S/C11H13N3OS/c1-7-4-10(14-15-7)12-5-9-6-13-11(16-9)8-2-3-8/h4,6,8H,2-3,5H2,1H3,(H,12,14). The molecule has 84 valence electrons. The summed E-state index contributed by atoms with van der Waals surface area (Å²) < 4.78 is 4.98. The van der Waals surface area contributed by atoms with Crippen LogP contribution in [-0.4, -0.2) is 10.1 Å². The highest BCUT2D eigenvalue weighted by Crippen LogP contribution is 2.41. The van der Waals surface area contributed by atoms with Crippen molar-refractivity contribution in [1.82, 2.24) is 10.1 Å². The fraction of sp³-hybridized carbons (Fsp3) is 0.455. The Balaban J connectivity index is 1.61. The maximum atomic E-state index is 4.98. The van der Waals surface area contributed by atoms with E-state index >= 15 is 0 Å². The summed E-state index contributed by atoms with van der Waals surface area (Å²) in [7, 11) is 0. The lowest BCUT2D eigenvalue weighted by Crippen LogP contribution is -1.96. The maximum absolute atomic E-state index is 4.98. The summed E-state index contributed by atoms with van der Waals surface area (Å²) in [5, 5.41) is 8.39. The molecule has 0 atom stereocenters. The van der Waals surface area contributed by atoms with Crippen LogP contribution in [0.2, 0.25) is 0 Å². The molecule has 1 aliphatic carbocycles. The van der Waals surface area contributed by atoms with Crippen molar-refractivity contribution >= 4 is 17.2 Å². The highest BCUT2D eigenvalue weighted by atomic mass is 32.1. The monoisotopic (exact) mass is 235 g/mol. The number of hydrogen-bond acceptors (Lipinski definition) is 5. The normalized spacial score (nSPS) is 15.3. The zero-order valence-corrected chi connectivity index (χ0v) is 9.88. The van der Waals surface area contributed by atoms with E-state index in [1.54, 1.807) is 11.3 Å². The van der Waals surface area contributed by atoms with Crippen LogP contribution in [0.1, 0.15) is 34.4 Å². The zero-order chi connectivity index (χ0) is 11.0. The molecular formula is C11H13N3OS. The molecule has 0 saturated heterocycles. The Morgan fingerprint density at radius 3 is 3.12 bits per heavy atom. The van der Waals surface area contributed by atoms with Gasteiger partial charge >= 0.3 is 0 Å². The van der Waals surface area contributed by atoms with Gasteiger partial charge in [0.15, 0.2) is 5.82 Å². The number of aromatic nitrogens is 2. The van der Waals surface area contributed by atoms with Crippen LogP contribution < -0.4 is 5.32 Å². The molecule has 0 spiro atoms. The molecule has 0 bridgehead atoms. The number of hydrogen-bond donors (Lipinski definition) is 1. The third-order valence-electron chi connectivity index (χ3n) is 2.57. The fourth-order valence-electron chi connectivity index (χ4n) is 1.55. The largest absolute Gasteiger partial charge is 0.362 e. The van der Waals surface area contributed by atoms with Gasteiger partial charge in [0.2, 0.25) is 0 Å². The molecule has 2 aromatic heterocycles. The summed E-state index contributed by atoms with van der Waals surface area (Å²) in [5.74, 6) is 2.36. The third-order valence-corrected chi connectivity index (χ3v) is 3.73. The first-order chi connectivity index (χ1) is 7.81. The van der Waals surface area contributed by atoms with Crippen LogP contribution in [0.15, 0.2) is 16.8 Å². The molecule has 2 heterocycles.